The lowest BCUT2D eigenvalue weighted by molar-refractivity contribution is 0.322. The van der Waals surface area contributed by atoms with Gasteiger partial charge < -0.3 is 4.74 Å². The van der Waals surface area contributed by atoms with Crippen LogP contribution >= 0.6 is 33.9 Å². The number of hydrogen-bond donors (Lipinski definition) is 0. The van der Waals surface area contributed by atoms with E-state index in [-0.39, 0.29) is 20.7 Å². The lowest BCUT2D eigenvalue weighted by Gasteiger charge is -2.10. The van der Waals surface area contributed by atoms with E-state index < -0.39 is 9.05 Å². The van der Waals surface area contributed by atoms with Gasteiger partial charge in [-0.05, 0) is 17.7 Å². The Hall–Kier alpha value is -0.950. The Balaban J connectivity index is 2.10. The zero-order chi connectivity index (χ0) is 15.6. The fourth-order valence-electron chi connectivity index (χ4n) is 1.69. The highest BCUT2D eigenvalue weighted by molar-refractivity contribution is 8.13. The van der Waals surface area contributed by atoms with Gasteiger partial charge in [0.1, 0.15) is 0 Å². The Kier molecular flexibility index (Phi) is 5.03. The highest BCUT2D eigenvalue weighted by Gasteiger charge is 2.17. The molecule has 1 aromatic carbocycles. The Morgan fingerprint density at radius 2 is 1.90 bits per heavy atom. The topological polar surface area (TPSA) is 61.2 Å². The lowest BCUT2D eigenvalue weighted by Crippen LogP contribution is -2.02. The third-order valence-corrected chi connectivity index (χ3v) is 4.54. The molecule has 0 saturated heterocycles. The van der Waals surface area contributed by atoms with Gasteiger partial charge in [0.05, 0.1) is 27.7 Å². The first-order valence-corrected chi connectivity index (χ1v) is 8.88. The first kappa shape index (κ1) is 16.4. The first-order valence-electron chi connectivity index (χ1n) is 5.81. The first-order chi connectivity index (χ1) is 9.77. The molecule has 1 heterocycles. The van der Waals surface area contributed by atoms with Crippen LogP contribution < -0.4 is 4.74 Å². The van der Waals surface area contributed by atoms with Crippen molar-refractivity contribution in [1.29, 1.82) is 0 Å². The molecular weight excluding hydrogens is 359 g/mol. The van der Waals surface area contributed by atoms with E-state index in [2.05, 4.69) is 5.10 Å². The van der Waals surface area contributed by atoms with Crippen LogP contribution in [0.4, 0.5) is 0 Å². The van der Waals surface area contributed by atoms with E-state index in [9.17, 15) is 8.42 Å². The standard InChI is InChI=1S/C12H11Cl3N2O3S/c1-17-7-8(6-16-17)2-3-20-12-10(13)4-9(5-11(12)14)21(15,18)19/h4-7H,2-3H2,1H3. The summed E-state index contributed by atoms with van der Waals surface area (Å²) in [6.45, 7) is 0.331. The molecule has 0 radical (unpaired) electrons. The molecule has 0 saturated carbocycles. The average Bonchev–Trinajstić information content (AvgIpc) is 2.77. The van der Waals surface area contributed by atoms with Crippen LogP contribution in [0.5, 0.6) is 5.75 Å². The van der Waals surface area contributed by atoms with E-state index in [4.69, 9.17) is 38.6 Å². The summed E-state index contributed by atoms with van der Waals surface area (Å²) < 4.78 is 29.7. The van der Waals surface area contributed by atoms with Crippen molar-refractivity contribution in [3.63, 3.8) is 0 Å². The van der Waals surface area contributed by atoms with Gasteiger partial charge >= 0.3 is 0 Å². The summed E-state index contributed by atoms with van der Waals surface area (Å²) in [5, 5.41) is 4.22. The smallest absolute Gasteiger partial charge is 0.261 e. The summed E-state index contributed by atoms with van der Waals surface area (Å²) in [6, 6.07) is 2.41. The van der Waals surface area contributed by atoms with Crippen molar-refractivity contribution in [2.24, 2.45) is 7.05 Å². The molecule has 21 heavy (non-hydrogen) atoms. The summed E-state index contributed by atoms with van der Waals surface area (Å²) in [5.74, 6) is 0.228. The lowest BCUT2D eigenvalue weighted by atomic mass is 10.3. The van der Waals surface area contributed by atoms with Crippen LogP contribution in [0.15, 0.2) is 29.4 Å². The summed E-state index contributed by atoms with van der Waals surface area (Å²) >= 11 is 12.0. The van der Waals surface area contributed by atoms with E-state index in [1.807, 2.05) is 13.2 Å². The molecule has 0 bridgehead atoms. The van der Waals surface area contributed by atoms with Crippen LogP contribution in [0.2, 0.25) is 10.0 Å². The van der Waals surface area contributed by atoms with E-state index in [0.717, 1.165) is 5.56 Å². The molecule has 2 aromatic rings. The maximum Gasteiger partial charge on any atom is 0.261 e. The van der Waals surface area contributed by atoms with Crippen LogP contribution in [0.25, 0.3) is 0 Å². The molecule has 114 valence electrons. The summed E-state index contributed by atoms with van der Waals surface area (Å²) in [7, 11) is 3.18. The number of benzene rings is 1. The zero-order valence-corrected chi connectivity index (χ0v) is 14.0. The normalized spacial score (nSPS) is 11.6. The molecule has 5 nitrogen and oxygen atoms in total. The van der Waals surface area contributed by atoms with Gasteiger partial charge in [0.2, 0.25) is 0 Å². The van der Waals surface area contributed by atoms with Crippen LogP contribution in [-0.4, -0.2) is 24.8 Å². The minimum Gasteiger partial charge on any atom is -0.490 e. The van der Waals surface area contributed by atoms with E-state index in [0.29, 0.717) is 13.0 Å². The van der Waals surface area contributed by atoms with Gasteiger partial charge in [0.25, 0.3) is 9.05 Å². The van der Waals surface area contributed by atoms with Crippen molar-refractivity contribution in [2.75, 3.05) is 6.61 Å². The molecule has 0 aliphatic carbocycles. The van der Waals surface area contributed by atoms with Crippen LogP contribution in [0.1, 0.15) is 5.56 Å². The SMILES string of the molecule is Cn1cc(CCOc2c(Cl)cc(S(=O)(=O)Cl)cc2Cl)cn1. The summed E-state index contributed by atoms with van der Waals surface area (Å²) in [4.78, 5) is -0.168. The highest BCUT2D eigenvalue weighted by Crippen LogP contribution is 2.36. The minimum atomic E-state index is -3.89. The quantitative estimate of drug-likeness (QED) is 0.759. The predicted octanol–water partition coefficient (Wildman–Crippen LogP) is 3.28. The molecule has 0 aliphatic heterocycles. The van der Waals surface area contributed by atoms with Crippen molar-refractivity contribution >= 4 is 42.9 Å². The molecule has 0 atom stereocenters. The van der Waals surface area contributed by atoms with Gasteiger partial charge in [-0.3, -0.25) is 4.68 Å². The van der Waals surface area contributed by atoms with Crippen molar-refractivity contribution in [3.8, 4) is 5.75 Å². The van der Waals surface area contributed by atoms with Crippen molar-refractivity contribution in [2.45, 2.75) is 11.3 Å². The van der Waals surface area contributed by atoms with Gasteiger partial charge in [-0.2, -0.15) is 5.10 Å². The molecule has 0 aliphatic rings. The summed E-state index contributed by atoms with van der Waals surface area (Å²) in [6.07, 6.45) is 4.22. The van der Waals surface area contributed by atoms with Crippen LogP contribution in [-0.2, 0) is 22.5 Å². The third kappa shape index (κ3) is 4.26. The van der Waals surface area contributed by atoms with Gasteiger partial charge in [0.15, 0.2) is 5.75 Å². The molecule has 0 amide bonds. The summed E-state index contributed by atoms with van der Waals surface area (Å²) in [5.41, 5.74) is 1.00. The van der Waals surface area contributed by atoms with E-state index >= 15 is 0 Å². The monoisotopic (exact) mass is 368 g/mol. The number of hydrogen-bond acceptors (Lipinski definition) is 4. The van der Waals surface area contributed by atoms with Gasteiger partial charge in [0, 0.05) is 30.3 Å². The number of aryl methyl sites for hydroxylation is 1. The minimum absolute atomic E-state index is 0.0907. The second kappa shape index (κ2) is 6.44. The van der Waals surface area contributed by atoms with Gasteiger partial charge in [-0.25, -0.2) is 8.42 Å². The molecule has 0 N–H and O–H groups in total. The number of ether oxygens (including phenoxy) is 1. The second-order valence-electron chi connectivity index (χ2n) is 4.27. The predicted molar refractivity (Wildman–Crippen MR) is 81.9 cm³/mol. The Labute approximate surface area is 136 Å². The molecule has 1 aromatic heterocycles. The highest BCUT2D eigenvalue weighted by atomic mass is 35.7. The van der Waals surface area contributed by atoms with E-state index in [1.165, 1.54) is 12.1 Å². The fourth-order valence-corrected chi connectivity index (χ4v) is 3.20. The molecule has 0 unspecified atom stereocenters. The Morgan fingerprint density at radius 1 is 1.29 bits per heavy atom. The maximum absolute atomic E-state index is 11.2. The van der Waals surface area contributed by atoms with E-state index in [1.54, 1.807) is 10.9 Å². The van der Waals surface area contributed by atoms with Crippen LogP contribution in [0.3, 0.4) is 0 Å². The third-order valence-electron chi connectivity index (χ3n) is 2.65. The van der Waals surface area contributed by atoms with Crippen molar-refractivity contribution in [1.82, 2.24) is 9.78 Å². The molecule has 0 fully saturated rings. The molecule has 0 spiro atoms. The van der Waals surface area contributed by atoms with Gasteiger partial charge in [-0.1, -0.05) is 23.2 Å². The fraction of sp³-hybridized carbons (Fsp3) is 0.250. The largest absolute Gasteiger partial charge is 0.490 e. The average molecular weight is 370 g/mol. The second-order valence-corrected chi connectivity index (χ2v) is 7.65. The van der Waals surface area contributed by atoms with Crippen molar-refractivity contribution in [3.05, 3.63) is 40.1 Å². The van der Waals surface area contributed by atoms with Crippen molar-refractivity contribution < 1.29 is 13.2 Å². The molecule has 2 rings (SSSR count). The Bertz CT molecular complexity index is 736. The molecular formula is C12H11Cl3N2O3S. The van der Waals surface area contributed by atoms with Gasteiger partial charge in [-0.15, -0.1) is 0 Å². The number of nitrogens with zero attached hydrogens (tertiary/aromatic N) is 2. The van der Waals surface area contributed by atoms with Crippen LogP contribution in [0, 0.1) is 0 Å². The number of aromatic nitrogens is 2. The Morgan fingerprint density at radius 3 is 2.38 bits per heavy atom. The molecule has 9 heteroatoms. The zero-order valence-electron chi connectivity index (χ0n) is 10.9. The number of rotatable bonds is 5. The number of halogens is 3. The maximum atomic E-state index is 11.2.